The van der Waals surface area contributed by atoms with Crippen molar-refractivity contribution >= 4 is 5.91 Å². The Morgan fingerprint density at radius 3 is 2.48 bits per heavy atom. The molecular weight excluding hydrogens is 399 g/mol. The first-order chi connectivity index (χ1) is 14.9. The van der Waals surface area contributed by atoms with Crippen LogP contribution in [0.25, 0.3) is 0 Å². The number of nitrogens with zero attached hydrogens (tertiary/aromatic N) is 1. The van der Waals surface area contributed by atoms with E-state index in [0.29, 0.717) is 5.56 Å². The van der Waals surface area contributed by atoms with E-state index in [2.05, 4.69) is 20.6 Å². The second-order valence-electron chi connectivity index (χ2n) is 7.28. The number of hydrogen-bond acceptors (Lipinski definition) is 5. The molecule has 7 nitrogen and oxygen atoms in total. The van der Waals surface area contributed by atoms with E-state index in [1.165, 1.54) is 24.3 Å². The van der Waals surface area contributed by atoms with Crippen LogP contribution in [0.3, 0.4) is 0 Å². The molecule has 4 N–H and O–H groups in total. The predicted octanol–water partition coefficient (Wildman–Crippen LogP) is 3.02. The molecule has 3 rings (SSSR count). The molecule has 2 atom stereocenters. The minimum Gasteiger partial charge on any atom is -0.501 e. The van der Waals surface area contributed by atoms with Crippen LogP contribution in [0.4, 0.5) is 4.39 Å². The highest BCUT2D eigenvalue weighted by atomic mass is 19.1. The van der Waals surface area contributed by atoms with E-state index in [1.807, 2.05) is 44.2 Å². The molecule has 1 heterocycles. The summed E-state index contributed by atoms with van der Waals surface area (Å²) in [5.74, 6) is -1.61. The Hall–Kier alpha value is -3.52. The predicted molar refractivity (Wildman–Crippen MR) is 115 cm³/mol. The van der Waals surface area contributed by atoms with E-state index in [0.717, 1.165) is 12.0 Å². The molecule has 0 saturated carbocycles. The molecule has 2 aromatic carbocycles. The average molecular weight is 424 g/mol. The summed E-state index contributed by atoms with van der Waals surface area (Å²) in [6.45, 7) is 4.13. The Balaban J connectivity index is 1.91. The highest BCUT2D eigenvalue weighted by Crippen LogP contribution is 2.21. The van der Waals surface area contributed by atoms with Crippen molar-refractivity contribution in [1.82, 2.24) is 20.6 Å². The van der Waals surface area contributed by atoms with Gasteiger partial charge in [0.1, 0.15) is 11.6 Å². The minimum absolute atomic E-state index is 0.0929. The number of aromatic nitrogens is 2. The van der Waals surface area contributed by atoms with E-state index >= 15 is 0 Å². The van der Waals surface area contributed by atoms with Gasteiger partial charge >= 0.3 is 0 Å². The topological polar surface area (TPSA) is 107 Å². The molecule has 0 aliphatic rings. The standard InChI is InChI=1S/C23H25FN4O3/c1-3-14(2)26-18(16-7-5-4-6-8-16)21-27-19(20(29)23(31)28-21)22(30)25-13-15-9-11-17(24)12-10-15/h4-12,14,18,26,29H,3,13H2,1-2H3,(H,25,30)(H,27,28,31)/t14-,18?/m0/s1. The molecule has 31 heavy (non-hydrogen) atoms. The monoisotopic (exact) mass is 424 g/mol. The van der Waals surface area contributed by atoms with Crippen molar-refractivity contribution in [2.45, 2.75) is 38.9 Å². The molecule has 162 valence electrons. The number of hydrogen-bond donors (Lipinski definition) is 4. The number of carbonyl (C=O) groups excluding carboxylic acids is 1. The maximum atomic E-state index is 13.0. The highest BCUT2D eigenvalue weighted by Gasteiger charge is 2.24. The van der Waals surface area contributed by atoms with Crippen molar-refractivity contribution in [3.63, 3.8) is 0 Å². The van der Waals surface area contributed by atoms with Crippen LogP contribution in [0, 0.1) is 5.82 Å². The summed E-state index contributed by atoms with van der Waals surface area (Å²) in [7, 11) is 0. The molecular formula is C23H25FN4O3. The average Bonchev–Trinajstić information content (AvgIpc) is 2.79. The maximum Gasteiger partial charge on any atom is 0.293 e. The van der Waals surface area contributed by atoms with Gasteiger partial charge in [-0.2, -0.15) is 0 Å². The highest BCUT2D eigenvalue weighted by molar-refractivity contribution is 5.94. The first kappa shape index (κ1) is 22.2. The van der Waals surface area contributed by atoms with Crippen LogP contribution in [0.1, 0.15) is 53.7 Å². The summed E-state index contributed by atoms with van der Waals surface area (Å²) in [4.78, 5) is 31.9. The fourth-order valence-electron chi connectivity index (χ4n) is 3.03. The van der Waals surface area contributed by atoms with Crippen LogP contribution in [0.15, 0.2) is 59.4 Å². The number of rotatable bonds is 8. The van der Waals surface area contributed by atoms with Crippen LogP contribution in [0.2, 0.25) is 0 Å². The van der Waals surface area contributed by atoms with Gasteiger partial charge in [0.15, 0.2) is 5.69 Å². The Labute approximate surface area is 179 Å². The van der Waals surface area contributed by atoms with Crippen molar-refractivity contribution in [3.05, 3.63) is 93.4 Å². The van der Waals surface area contributed by atoms with E-state index < -0.39 is 23.3 Å². The molecule has 0 aliphatic heterocycles. The quantitative estimate of drug-likeness (QED) is 0.445. The van der Waals surface area contributed by atoms with Crippen molar-refractivity contribution in [3.8, 4) is 5.75 Å². The van der Waals surface area contributed by atoms with Crippen LogP contribution in [-0.4, -0.2) is 27.0 Å². The zero-order chi connectivity index (χ0) is 22.4. The molecule has 1 aromatic heterocycles. The molecule has 0 saturated heterocycles. The van der Waals surface area contributed by atoms with Gasteiger partial charge in [-0.05, 0) is 36.6 Å². The largest absolute Gasteiger partial charge is 0.501 e. The fourth-order valence-corrected chi connectivity index (χ4v) is 3.03. The lowest BCUT2D eigenvalue weighted by atomic mass is 10.0. The van der Waals surface area contributed by atoms with Gasteiger partial charge in [0.2, 0.25) is 5.75 Å². The van der Waals surface area contributed by atoms with Gasteiger partial charge in [-0.3, -0.25) is 9.59 Å². The minimum atomic E-state index is -0.802. The normalized spacial score (nSPS) is 12.9. The summed E-state index contributed by atoms with van der Waals surface area (Å²) in [6.07, 6.45) is 0.844. The Morgan fingerprint density at radius 1 is 1.16 bits per heavy atom. The smallest absolute Gasteiger partial charge is 0.293 e. The number of carbonyl (C=O) groups is 1. The molecule has 3 aromatic rings. The van der Waals surface area contributed by atoms with Crippen LogP contribution >= 0.6 is 0 Å². The second kappa shape index (κ2) is 9.99. The number of halogens is 1. The van der Waals surface area contributed by atoms with Gasteiger partial charge in [-0.1, -0.05) is 49.4 Å². The number of aromatic hydroxyl groups is 1. The second-order valence-corrected chi connectivity index (χ2v) is 7.28. The van der Waals surface area contributed by atoms with Crippen molar-refractivity contribution in [2.24, 2.45) is 0 Å². The fraction of sp³-hybridized carbons (Fsp3) is 0.261. The lowest BCUT2D eigenvalue weighted by molar-refractivity contribution is 0.0942. The van der Waals surface area contributed by atoms with Crippen LogP contribution in [-0.2, 0) is 6.54 Å². The lowest BCUT2D eigenvalue weighted by Crippen LogP contribution is -2.34. The van der Waals surface area contributed by atoms with Gasteiger partial charge < -0.3 is 20.7 Å². The molecule has 0 bridgehead atoms. The summed E-state index contributed by atoms with van der Waals surface area (Å²) in [5.41, 5.74) is 0.353. The summed E-state index contributed by atoms with van der Waals surface area (Å²) in [5, 5.41) is 16.2. The Morgan fingerprint density at radius 2 is 1.84 bits per heavy atom. The van der Waals surface area contributed by atoms with E-state index in [4.69, 9.17) is 0 Å². The molecule has 1 amide bonds. The van der Waals surface area contributed by atoms with Gasteiger partial charge in [-0.25, -0.2) is 9.37 Å². The zero-order valence-electron chi connectivity index (χ0n) is 17.4. The molecule has 8 heteroatoms. The Bertz CT molecular complexity index is 1080. The van der Waals surface area contributed by atoms with E-state index in [1.54, 1.807) is 0 Å². The molecule has 0 spiro atoms. The number of amides is 1. The third-order valence-electron chi connectivity index (χ3n) is 4.96. The van der Waals surface area contributed by atoms with Crippen molar-refractivity contribution in [2.75, 3.05) is 0 Å². The van der Waals surface area contributed by atoms with Crippen molar-refractivity contribution in [1.29, 1.82) is 0 Å². The van der Waals surface area contributed by atoms with E-state index in [-0.39, 0.29) is 29.9 Å². The third kappa shape index (κ3) is 5.55. The van der Waals surface area contributed by atoms with Gasteiger partial charge in [0, 0.05) is 12.6 Å². The van der Waals surface area contributed by atoms with Crippen molar-refractivity contribution < 1.29 is 14.3 Å². The SMILES string of the molecule is CC[C@H](C)NC(c1ccccc1)c1nc(C(=O)NCc2ccc(F)cc2)c(O)c(=O)[nH]1. The van der Waals surface area contributed by atoms with Gasteiger partial charge in [-0.15, -0.1) is 0 Å². The zero-order valence-corrected chi connectivity index (χ0v) is 17.4. The number of nitrogens with one attached hydrogen (secondary N) is 3. The summed E-state index contributed by atoms with van der Waals surface area (Å²) < 4.78 is 13.0. The number of aromatic amines is 1. The van der Waals surface area contributed by atoms with Gasteiger partial charge in [0.25, 0.3) is 11.5 Å². The third-order valence-corrected chi connectivity index (χ3v) is 4.96. The molecule has 0 radical (unpaired) electrons. The van der Waals surface area contributed by atoms with Crippen LogP contribution in [0.5, 0.6) is 5.75 Å². The first-order valence-corrected chi connectivity index (χ1v) is 10.1. The molecule has 1 unspecified atom stereocenters. The number of H-pyrrole nitrogens is 1. The van der Waals surface area contributed by atoms with Crippen LogP contribution < -0.4 is 16.2 Å². The van der Waals surface area contributed by atoms with E-state index in [9.17, 15) is 19.1 Å². The lowest BCUT2D eigenvalue weighted by Gasteiger charge is -2.23. The molecule has 0 fully saturated rings. The van der Waals surface area contributed by atoms with Gasteiger partial charge in [0.05, 0.1) is 6.04 Å². The number of benzene rings is 2. The first-order valence-electron chi connectivity index (χ1n) is 10.1. The summed E-state index contributed by atoms with van der Waals surface area (Å²) in [6, 6.07) is 14.7. The molecule has 0 aliphatic carbocycles. The maximum absolute atomic E-state index is 13.0. The Kier molecular flexibility index (Phi) is 7.15. The summed E-state index contributed by atoms with van der Waals surface area (Å²) >= 11 is 0.